The van der Waals surface area contributed by atoms with Crippen LogP contribution in [0.5, 0.6) is 0 Å². The predicted octanol–water partition coefficient (Wildman–Crippen LogP) is 1.92. The maximum Gasteiger partial charge on any atom is 0.217 e. The van der Waals surface area contributed by atoms with E-state index in [0.717, 1.165) is 0 Å². The predicted molar refractivity (Wildman–Crippen MR) is 61.2 cm³/mol. The van der Waals surface area contributed by atoms with Crippen LogP contribution in [0.3, 0.4) is 0 Å². The van der Waals surface area contributed by atoms with Crippen LogP contribution in [0, 0.1) is 5.92 Å². The molecule has 0 aliphatic rings. The van der Waals surface area contributed by atoms with Crippen LogP contribution in [0.2, 0.25) is 0 Å². The molecule has 0 bridgehead atoms. The fourth-order valence-electron chi connectivity index (χ4n) is 1.02. The summed E-state index contributed by atoms with van der Waals surface area (Å²) in [5.41, 5.74) is 0. The molecule has 0 aromatic heterocycles. The monoisotopic (exact) mass is 241 g/mol. The average Bonchev–Trinajstić information content (AvgIpc) is 2.13. The zero-order valence-electron chi connectivity index (χ0n) is 9.49. The number of rotatable bonds is 5. The molecule has 14 heavy (non-hydrogen) atoms. The Labute approximate surface area is 92.5 Å². The first-order valence-corrected chi connectivity index (χ1v) is 6.81. The van der Waals surface area contributed by atoms with Gasteiger partial charge in [-0.1, -0.05) is 13.8 Å². The fourth-order valence-corrected chi connectivity index (χ4v) is 2.93. The lowest BCUT2D eigenvalue weighted by atomic mass is 10.1. The van der Waals surface area contributed by atoms with Crippen molar-refractivity contribution in [1.29, 1.82) is 0 Å². The highest BCUT2D eigenvalue weighted by atomic mass is 35.5. The van der Waals surface area contributed by atoms with Crippen molar-refractivity contribution in [3.8, 4) is 0 Å². The second kappa shape index (κ2) is 5.33. The second-order valence-corrected chi connectivity index (χ2v) is 6.73. The largest absolute Gasteiger partial charge is 0.217 e. The third kappa shape index (κ3) is 3.11. The van der Waals surface area contributed by atoms with Gasteiger partial charge >= 0.3 is 0 Å². The molecule has 86 valence electrons. The van der Waals surface area contributed by atoms with Crippen LogP contribution < -0.4 is 0 Å². The standard InChI is InChI=1S/C9H20ClNO2S/c1-7(2)9(4)11(5)14(12,13)8(3)6-10/h7-9H,6H2,1-5H3. The quantitative estimate of drug-likeness (QED) is 0.690. The molecule has 0 spiro atoms. The first kappa shape index (κ1) is 14.2. The number of halogens is 1. The molecule has 0 fully saturated rings. The Balaban J connectivity index is 4.76. The van der Waals surface area contributed by atoms with Crippen molar-refractivity contribution in [2.75, 3.05) is 12.9 Å². The average molecular weight is 242 g/mol. The molecule has 0 heterocycles. The van der Waals surface area contributed by atoms with Gasteiger partial charge in [0.2, 0.25) is 10.0 Å². The van der Waals surface area contributed by atoms with E-state index in [4.69, 9.17) is 11.6 Å². The Hall–Kier alpha value is 0.200. The highest BCUT2D eigenvalue weighted by Crippen LogP contribution is 2.16. The van der Waals surface area contributed by atoms with E-state index in [0.29, 0.717) is 5.92 Å². The summed E-state index contributed by atoms with van der Waals surface area (Å²) < 4.78 is 25.1. The first-order valence-electron chi connectivity index (χ1n) is 4.78. The summed E-state index contributed by atoms with van der Waals surface area (Å²) in [5.74, 6) is 0.439. The summed E-state index contributed by atoms with van der Waals surface area (Å²) in [6.07, 6.45) is 0. The van der Waals surface area contributed by atoms with E-state index in [1.54, 1.807) is 14.0 Å². The van der Waals surface area contributed by atoms with E-state index in [1.165, 1.54) is 4.31 Å². The molecule has 0 aromatic carbocycles. The van der Waals surface area contributed by atoms with Crippen LogP contribution in [-0.2, 0) is 10.0 Å². The van der Waals surface area contributed by atoms with Crippen molar-refractivity contribution in [2.45, 2.75) is 39.0 Å². The number of alkyl halides is 1. The van der Waals surface area contributed by atoms with E-state index < -0.39 is 15.3 Å². The minimum Gasteiger partial charge on any atom is -0.212 e. The van der Waals surface area contributed by atoms with Gasteiger partial charge < -0.3 is 0 Å². The van der Waals surface area contributed by atoms with Crippen molar-refractivity contribution in [3.05, 3.63) is 0 Å². The molecule has 0 aliphatic carbocycles. The van der Waals surface area contributed by atoms with Gasteiger partial charge in [-0.25, -0.2) is 12.7 Å². The topological polar surface area (TPSA) is 37.4 Å². The normalized spacial score (nSPS) is 17.4. The summed E-state index contributed by atoms with van der Waals surface area (Å²) in [5, 5.41) is -0.518. The minimum atomic E-state index is -3.23. The van der Waals surface area contributed by atoms with Gasteiger partial charge in [-0.05, 0) is 19.8 Å². The van der Waals surface area contributed by atoms with Gasteiger partial charge in [-0.15, -0.1) is 11.6 Å². The molecule has 3 nitrogen and oxygen atoms in total. The SMILES string of the molecule is CC(C)C(C)N(C)S(=O)(=O)C(C)CCl. The van der Waals surface area contributed by atoms with Crippen LogP contribution in [-0.4, -0.2) is 36.9 Å². The Morgan fingerprint density at radius 1 is 1.21 bits per heavy atom. The lowest BCUT2D eigenvalue weighted by Gasteiger charge is -2.29. The summed E-state index contributed by atoms with van der Waals surface area (Å²) >= 11 is 5.56. The Kier molecular flexibility index (Phi) is 5.41. The highest BCUT2D eigenvalue weighted by Gasteiger charge is 2.29. The third-order valence-corrected chi connectivity index (χ3v) is 5.63. The van der Waals surface area contributed by atoms with E-state index in [1.807, 2.05) is 20.8 Å². The molecule has 0 aromatic rings. The van der Waals surface area contributed by atoms with Gasteiger partial charge in [0.1, 0.15) is 0 Å². The number of hydrogen-bond donors (Lipinski definition) is 0. The molecule has 2 unspecified atom stereocenters. The number of hydrogen-bond acceptors (Lipinski definition) is 2. The maximum absolute atomic E-state index is 11.8. The van der Waals surface area contributed by atoms with Gasteiger partial charge in [-0.2, -0.15) is 0 Å². The fraction of sp³-hybridized carbons (Fsp3) is 1.00. The lowest BCUT2D eigenvalue weighted by Crippen LogP contribution is -2.43. The lowest BCUT2D eigenvalue weighted by molar-refractivity contribution is 0.313. The van der Waals surface area contributed by atoms with Crippen molar-refractivity contribution < 1.29 is 8.42 Å². The Morgan fingerprint density at radius 2 is 1.64 bits per heavy atom. The maximum atomic E-state index is 11.8. The molecule has 0 amide bonds. The van der Waals surface area contributed by atoms with Crippen molar-refractivity contribution in [2.24, 2.45) is 5.92 Å². The molecular weight excluding hydrogens is 222 g/mol. The van der Waals surface area contributed by atoms with Gasteiger partial charge in [0, 0.05) is 19.0 Å². The summed E-state index contributed by atoms with van der Waals surface area (Å²) in [6.45, 7) is 7.54. The summed E-state index contributed by atoms with van der Waals surface area (Å²) in [6, 6.07) is 0.00525. The summed E-state index contributed by atoms with van der Waals surface area (Å²) in [4.78, 5) is 0. The van der Waals surface area contributed by atoms with Crippen LogP contribution in [0.1, 0.15) is 27.7 Å². The highest BCUT2D eigenvalue weighted by molar-refractivity contribution is 7.89. The molecule has 2 atom stereocenters. The molecule has 0 saturated carbocycles. The second-order valence-electron chi connectivity index (χ2n) is 4.01. The molecule has 0 saturated heterocycles. The van der Waals surface area contributed by atoms with Crippen LogP contribution in [0.4, 0.5) is 0 Å². The van der Waals surface area contributed by atoms with Gasteiger partial charge in [-0.3, -0.25) is 0 Å². The molecule has 0 aliphatic heterocycles. The zero-order chi connectivity index (χ0) is 11.5. The van der Waals surface area contributed by atoms with Crippen molar-refractivity contribution in [1.82, 2.24) is 4.31 Å². The molecule has 5 heteroatoms. The molecule has 0 rings (SSSR count). The number of sulfonamides is 1. The molecule has 0 radical (unpaired) electrons. The Morgan fingerprint density at radius 3 is 1.93 bits per heavy atom. The summed E-state index contributed by atoms with van der Waals surface area (Å²) in [7, 11) is -1.62. The van der Waals surface area contributed by atoms with E-state index >= 15 is 0 Å². The van der Waals surface area contributed by atoms with Crippen molar-refractivity contribution in [3.63, 3.8) is 0 Å². The molecule has 0 N–H and O–H groups in total. The number of nitrogens with zero attached hydrogens (tertiary/aromatic N) is 1. The van der Waals surface area contributed by atoms with Gasteiger partial charge in [0.15, 0.2) is 0 Å². The van der Waals surface area contributed by atoms with E-state index in [-0.39, 0.29) is 11.9 Å². The minimum absolute atomic E-state index is 0.00525. The molecular formula is C9H20ClNO2S. The van der Waals surface area contributed by atoms with Crippen LogP contribution in [0.15, 0.2) is 0 Å². The van der Waals surface area contributed by atoms with E-state index in [9.17, 15) is 8.42 Å². The smallest absolute Gasteiger partial charge is 0.212 e. The van der Waals surface area contributed by atoms with Crippen LogP contribution in [0.25, 0.3) is 0 Å². The van der Waals surface area contributed by atoms with E-state index in [2.05, 4.69) is 0 Å². The van der Waals surface area contributed by atoms with Crippen LogP contribution >= 0.6 is 11.6 Å². The Bertz CT molecular complexity index is 264. The third-order valence-electron chi connectivity index (χ3n) is 2.67. The first-order chi connectivity index (χ1) is 6.25. The van der Waals surface area contributed by atoms with Gasteiger partial charge in [0.25, 0.3) is 0 Å². The van der Waals surface area contributed by atoms with Crippen molar-refractivity contribution >= 4 is 21.6 Å². The van der Waals surface area contributed by atoms with Gasteiger partial charge in [0.05, 0.1) is 5.25 Å². The zero-order valence-corrected chi connectivity index (χ0v) is 11.1.